The molecule has 0 atom stereocenters. The third-order valence-corrected chi connectivity index (χ3v) is 3.34. The van der Waals surface area contributed by atoms with Crippen LogP contribution in [0.25, 0.3) is 0 Å². The minimum absolute atomic E-state index is 0.0615. The second kappa shape index (κ2) is 4.34. The smallest absolute Gasteiger partial charge is 0.109 e. The van der Waals surface area contributed by atoms with Gasteiger partial charge in [-0.15, -0.1) is 0 Å². The van der Waals surface area contributed by atoms with Crippen molar-refractivity contribution in [1.82, 2.24) is 0 Å². The first kappa shape index (κ1) is 13.0. The number of hydrogen-bond acceptors (Lipinski definition) is 2. The highest BCUT2D eigenvalue weighted by Crippen LogP contribution is 2.31. The van der Waals surface area contributed by atoms with Crippen molar-refractivity contribution in [3.8, 4) is 0 Å². The molecule has 0 saturated heterocycles. The van der Waals surface area contributed by atoms with Crippen LogP contribution in [-0.4, -0.2) is 0 Å². The van der Waals surface area contributed by atoms with Gasteiger partial charge in [0.15, 0.2) is 0 Å². The Morgan fingerprint density at radius 1 is 1.06 bits per heavy atom. The Balaban J connectivity index is 2.17. The highest BCUT2D eigenvalue weighted by atomic mass is 16.3. The van der Waals surface area contributed by atoms with E-state index in [2.05, 4.69) is 40.7 Å². The lowest BCUT2D eigenvalue weighted by molar-refractivity contribution is 0.408. The van der Waals surface area contributed by atoms with Crippen LogP contribution >= 0.6 is 0 Å². The molecule has 98 valence electrons. The Kier molecular flexibility index (Phi) is 3.14. The predicted molar refractivity (Wildman–Crippen MR) is 72.8 cm³/mol. The topological polar surface area (TPSA) is 26.3 Å². The lowest BCUT2D eigenvalue weighted by Gasteiger charge is -2.22. The summed E-state index contributed by atoms with van der Waals surface area (Å²) in [5.74, 6) is 1.04. The second-order valence-corrected chi connectivity index (χ2v) is 6.64. The molecule has 0 fully saturated rings. The molecule has 0 unspecified atom stereocenters. The van der Waals surface area contributed by atoms with Crippen molar-refractivity contribution in [1.29, 1.82) is 0 Å². The lowest BCUT2D eigenvalue weighted by atomic mass is 9.81. The van der Waals surface area contributed by atoms with Gasteiger partial charge >= 0.3 is 0 Å². The van der Waals surface area contributed by atoms with E-state index in [1.807, 2.05) is 18.6 Å². The molecule has 2 rings (SSSR count). The van der Waals surface area contributed by atoms with Gasteiger partial charge in [0.2, 0.25) is 0 Å². The predicted octanol–water partition coefficient (Wildman–Crippen LogP) is 4.69. The summed E-state index contributed by atoms with van der Waals surface area (Å²) in [6.45, 7) is 10.9. The summed E-state index contributed by atoms with van der Waals surface area (Å²) in [7, 11) is 0. The van der Waals surface area contributed by atoms with Crippen LogP contribution in [0.4, 0.5) is 0 Å². The molecule has 0 spiro atoms. The molecule has 18 heavy (non-hydrogen) atoms. The van der Waals surface area contributed by atoms with Crippen LogP contribution in [-0.2, 0) is 17.3 Å². The van der Waals surface area contributed by atoms with E-state index in [-0.39, 0.29) is 10.8 Å². The van der Waals surface area contributed by atoms with E-state index >= 15 is 0 Å². The van der Waals surface area contributed by atoms with Crippen molar-refractivity contribution in [2.75, 3.05) is 0 Å². The zero-order chi connectivity index (χ0) is 13.4. The Hall–Kier alpha value is -1.44. The molecule has 0 aliphatic heterocycles. The highest BCUT2D eigenvalue weighted by molar-refractivity contribution is 5.25. The molecule has 0 N–H and O–H groups in total. The molecule has 2 heterocycles. The molecule has 2 nitrogen and oxygen atoms in total. The SMILES string of the molecule is CC(C)(C)c1cc(CC(C)(C)c2ccoc2)co1. The Bertz CT molecular complexity index is 495. The first-order valence-corrected chi connectivity index (χ1v) is 6.40. The lowest BCUT2D eigenvalue weighted by Crippen LogP contribution is -2.19. The van der Waals surface area contributed by atoms with Crippen molar-refractivity contribution in [3.05, 3.63) is 47.8 Å². The summed E-state index contributed by atoms with van der Waals surface area (Å²) in [6, 6.07) is 4.20. The number of hydrogen-bond donors (Lipinski definition) is 0. The number of furan rings is 2. The van der Waals surface area contributed by atoms with Gasteiger partial charge in [-0.3, -0.25) is 0 Å². The van der Waals surface area contributed by atoms with Crippen molar-refractivity contribution >= 4 is 0 Å². The molecule has 0 amide bonds. The summed E-state index contributed by atoms with van der Waals surface area (Å²) in [5.41, 5.74) is 2.59. The molecule has 0 radical (unpaired) electrons. The maximum Gasteiger partial charge on any atom is 0.109 e. The van der Waals surface area contributed by atoms with Crippen LogP contribution in [0.2, 0.25) is 0 Å². The first-order chi connectivity index (χ1) is 8.29. The molecule has 0 saturated carbocycles. The average Bonchev–Trinajstić information content (AvgIpc) is 2.83. The van der Waals surface area contributed by atoms with E-state index in [1.54, 1.807) is 6.26 Å². The molecule has 0 aromatic carbocycles. The fourth-order valence-corrected chi connectivity index (χ4v) is 2.12. The van der Waals surface area contributed by atoms with E-state index in [0.29, 0.717) is 0 Å². The molecular weight excluding hydrogens is 224 g/mol. The highest BCUT2D eigenvalue weighted by Gasteiger charge is 2.25. The summed E-state index contributed by atoms with van der Waals surface area (Å²) >= 11 is 0. The molecule has 0 bridgehead atoms. The standard InChI is InChI=1S/C16H22O2/c1-15(2,3)14-8-12(10-18-14)9-16(4,5)13-6-7-17-11-13/h6-8,10-11H,9H2,1-5H3. The normalized spacial score (nSPS) is 12.9. The van der Waals surface area contributed by atoms with E-state index < -0.39 is 0 Å². The Morgan fingerprint density at radius 3 is 2.28 bits per heavy atom. The van der Waals surface area contributed by atoms with Gasteiger partial charge in [-0.25, -0.2) is 0 Å². The van der Waals surface area contributed by atoms with Gasteiger partial charge in [-0.2, -0.15) is 0 Å². The van der Waals surface area contributed by atoms with Crippen molar-refractivity contribution < 1.29 is 8.83 Å². The Labute approximate surface area is 109 Å². The van der Waals surface area contributed by atoms with Crippen LogP contribution < -0.4 is 0 Å². The maximum absolute atomic E-state index is 5.67. The van der Waals surface area contributed by atoms with Crippen molar-refractivity contribution in [2.24, 2.45) is 0 Å². The van der Waals surface area contributed by atoms with Crippen LogP contribution in [0.15, 0.2) is 39.8 Å². The quantitative estimate of drug-likeness (QED) is 0.785. The maximum atomic E-state index is 5.67. The molecule has 0 aliphatic rings. The molecule has 2 heteroatoms. The fraction of sp³-hybridized carbons (Fsp3) is 0.500. The van der Waals surface area contributed by atoms with Crippen LogP contribution in [0.3, 0.4) is 0 Å². The van der Waals surface area contributed by atoms with Crippen LogP contribution in [0, 0.1) is 0 Å². The van der Waals surface area contributed by atoms with Gasteiger partial charge in [0.05, 0.1) is 18.8 Å². The zero-order valence-electron chi connectivity index (χ0n) is 11.9. The largest absolute Gasteiger partial charge is 0.472 e. The summed E-state index contributed by atoms with van der Waals surface area (Å²) in [4.78, 5) is 0. The van der Waals surface area contributed by atoms with Gasteiger partial charge in [0.1, 0.15) is 5.76 Å². The third-order valence-electron chi connectivity index (χ3n) is 3.34. The average molecular weight is 246 g/mol. The second-order valence-electron chi connectivity index (χ2n) is 6.64. The van der Waals surface area contributed by atoms with Gasteiger partial charge in [-0.05, 0) is 35.1 Å². The monoisotopic (exact) mass is 246 g/mol. The van der Waals surface area contributed by atoms with E-state index in [9.17, 15) is 0 Å². The fourth-order valence-electron chi connectivity index (χ4n) is 2.12. The van der Waals surface area contributed by atoms with Gasteiger partial charge in [-0.1, -0.05) is 34.6 Å². The van der Waals surface area contributed by atoms with E-state index in [1.165, 1.54) is 11.1 Å². The molecule has 2 aromatic rings. The summed E-state index contributed by atoms with van der Waals surface area (Å²) in [6.07, 6.45) is 6.38. The molecule has 0 aliphatic carbocycles. The Morgan fingerprint density at radius 2 is 1.78 bits per heavy atom. The van der Waals surface area contributed by atoms with E-state index in [4.69, 9.17) is 8.83 Å². The molecular formula is C16H22O2. The minimum atomic E-state index is 0.0615. The third kappa shape index (κ3) is 2.69. The van der Waals surface area contributed by atoms with Gasteiger partial charge in [0, 0.05) is 5.41 Å². The van der Waals surface area contributed by atoms with Gasteiger partial charge < -0.3 is 8.83 Å². The van der Waals surface area contributed by atoms with Crippen LogP contribution in [0.1, 0.15) is 51.5 Å². The van der Waals surface area contributed by atoms with E-state index in [0.717, 1.165) is 12.2 Å². The molecule has 2 aromatic heterocycles. The summed E-state index contributed by atoms with van der Waals surface area (Å²) < 4.78 is 10.8. The van der Waals surface area contributed by atoms with Crippen LogP contribution in [0.5, 0.6) is 0 Å². The number of rotatable bonds is 3. The van der Waals surface area contributed by atoms with Gasteiger partial charge in [0.25, 0.3) is 0 Å². The zero-order valence-corrected chi connectivity index (χ0v) is 11.9. The first-order valence-electron chi connectivity index (χ1n) is 6.40. The minimum Gasteiger partial charge on any atom is -0.472 e. The van der Waals surface area contributed by atoms with Crippen molar-refractivity contribution in [2.45, 2.75) is 51.9 Å². The summed E-state index contributed by atoms with van der Waals surface area (Å²) in [5, 5.41) is 0. The van der Waals surface area contributed by atoms with Crippen molar-refractivity contribution in [3.63, 3.8) is 0 Å².